The molecule has 0 aliphatic rings. The fourth-order valence-corrected chi connectivity index (χ4v) is 2.01. The van der Waals surface area contributed by atoms with E-state index in [-0.39, 0.29) is 5.91 Å². The van der Waals surface area contributed by atoms with Gasteiger partial charge in [-0.25, -0.2) is 4.98 Å². The van der Waals surface area contributed by atoms with Crippen LogP contribution in [-0.2, 0) is 11.8 Å². The lowest BCUT2D eigenvalue weighted by Gasteiger charge is -2.05. The second-order valence-corrected chi connectivity index (χ2v) is 4.58. The molecular weight excluding hydrogens is 266 g/mol. The van der Waals surface area contributed by atoms with Gasteiger partial charge in [0, 0.05) is 32.9 Å². The number of nitrogens with one attached hydrogen (secondary N) is 1. The van der Waals surface area contributed by atoms with Crippen molar-refractivity contribution in [2.24, 2.45) is 7.05 Å². The lowest BCUT2D eigenvalue weighted by atomic mass is 10.2. The minimum atomic E-state index is -0.111. The van der Waals surface area contributed by atoms with Crippen LogP contribution in [0.4, 0.5) is 0 Å². The van der Waals surface area contributed by atoms with Gasteiger partial charge in [0.05, 0.1) is 11.0 Å². The van der Waals surface area contributed by atoms with Crippen LogP contribution in [-0.4, -0.2) is 35.7 Å². The zero-order valence-corrected chi connectivity index (χ0v) is 11.7. The monoisotopic (exact) mass is 281 g/mol. The predicted molar refractivity (Wildman–Crippen MR) is 74.6 cm³/mol. The first-order valence-electron chi connectivity index (χ1n) is 6.02. The Morgan fingerprint density at radius 3 is 3.05 bits per heavy atom. The molecular formula is C13H16ClN3O2. The minimum Gasteiger partial charge on any atom is -0.385 e. The molecule has 2 aromatic rings. The summed E-state index contributed by atoms with van der Waals surface area (Å²) in [6.07, 6.45) is 0.792. The maximum atomic E-state index is 11.9. The Balaban J connectivity index is 2.10. The van der Waals surface area contributed by atoms with Crippen molar-refractivity contribution < 1.29 is 9.53 Å². The van der Waals surface area contributed by atoms with Gasteiger partial charge < -0.3 is 14.6 Å². The largest absolute Gasteiger partial charge is 0.385 e. The zero-order valence-electron chi connectivity index (χ0n) is 10.9. The minimum absolute atomic E-state index is 0.111. The first-order valence-corrected chi connectivity index (χ1v) is 6.40. The van der Waals surface area contributed by atoms with E-state index >= 15 is 0 Å². The van der Waals surface area contributed by atoms with Crippen LogP contribution in [0.5, 0.6) is 0 Å². The number of nitrogens with zero attached hydrogens (tertiary/aromatic N) is 2. The SMILES string of the molecule is COCCCNC(=O)c1ccc2c(c1)nc(Cl)n2C. The fourth-order valence-electron chi connectivity index (χ4n) is 1.83. The third kappa shape index (κ3) is 3.05. The van der Waals surface area contributed by atoms with Gasteiger partial charge in [-0.1, -0.05) is 0 Å². The smallest absolute Gasteiger partial charge is 0.251 e. The van der Waals surface area contributed by atoms with Crippen molar-refractivity contribution in [3.05, 3.63) is 29.0 Å². The highest BCUT2D eigenvalue weighted by Crippen LogP contribution is 2.19. The fraction of sp³-hybridized carbons (Fsp3) is 0.385. The summed E-state index contributed by atoms with van der Waals surface area (Å²) in [5, 5.41) is 3.24. The molecule has 0 aliphatic heterocycles. The van der Waals surface area contributed by atoms with E-state index in [2.05, 4.69) is 10.3 Å². The second-order valence-electron chi connectivity index (χ2n) is 4.25. The van der Waals surface area contributed by atoms with Crippen LogP contribution in [0, 0.1) is 0 Å². The van der Waals surface area contributed by atoms with Gasteiger partial charge in [-0.15, -0.1) is 0 Å². The summed E-state index contributed by atoms with van der Waals surface area (Å²) in [6, 6.07) is 5.36. The molecule has 0 radical (unpaired) electrons. The number of aromatic nitrogens is 2. The number of hydrogen-bond donors (Lipinski definition) is 1. The molecule has 1 amide bonds. The number of amides is 1. The molecule has 0 atom stereocenters. The molecule has 2 rings (SSSR count). The third-order valence-corrected chi connectivity index (χ3v) is 3.24. The Kier molecular flexibility index (Phi) is 4.39. The van der Waals surface area contributed by atoms with Crippen LogP contribution < -0.4 is 5.32 Å². The summed E-state index contributed by atoms with van der Waals surface area (Å²) in [5.74, 6) is -0.111. The number of hydrogen-bond acceptors (Lipinski definition) is 3. The molecule has 6 heteroatoms. The second kappa shape index (κ2) is 6.04. The number of carbonyl (C=O) groups is 1. The molecule has 1 heterocycles. The molecule has 0 saturated carbocycles. The Morgan fingerprint density at radius 2 is 2.32 bits per heavy atom. The summed E-state index contributed by atoms with van der Waals surface area (Å²) in [4.78, 5) is 16.1. The molecule has 102 valence electrons. The van der Waals surface area contributed by atoms with Gasteiger partial charge in [0.15, 0.2) is 0 Å². The van der Waals surface area contributed by atoms with E-state index in [0.29, 0.717) is 24.0 Å². The number of imidazole rings is 1. The van der Waals surface area contributed by atoms with Gasteiger partial charge in [-0.05, 0) is 36.2 Å². The Hall–Kier alpha value is -1.59. The van der Waals surface area contributed by atoms with Crippen molar-refractivity contribution >= 4 is 28.5 Å². The van der Waals surface area contributed by atoms with Crippen LogP contribution in [0.3, 0.4) is 0 Å². The third-order valence-electron chi connectivity index (χ3n) is 2.90. The van der Waals surface area contributed by atoms with Crippen LogP contribution in [0.25, 0.3) is 11.0 Å². The maximum absolute atomic E-state index is 11.9. The summed E-state index contributed by atoms with van der Waals surface area (Å²) in [5.41, 5.74) is 2.21. The van der Waals surface area contributed by atoms with Crippen molar-refractivity contribution in [3.63, 3.8) is 0 Å². The molecule has 0 saturated heterocycles. The van der Waals surface area contributed by atoms with Gasteiger partial charge >= 0.3 is 0 Å². The van der Waals surface area contributed by atoms with Gasteiger partial charge in [0.1, 0.15) is 0 Å². The molecule has 0 fully saturated rings. The normalized spacial score (nSPS) is 10.9. The Labute approximate surface area is 116 Å². The summed E-state index contributed by atoms with van der Waals surface area (Å²) in [6.45, 7) is 1.23. The highest BCUT2D eigenvalue weighted by molar-refractivity contribution is 6.29. The number of halogens is 1. The van der Waals surface area contributed by atoms with Crippen LogP contribution in [0.2, 0.25) is 5.28 Å². The van der Waals surface area contributed by atoms with E-state index in [1.54, 1.807) is 23.8 Å². The van der Waals surface area contributed by atoms with Crippen LogP contribution in [0.1, 0.15) is 16.8 Å². The number of benzene rings is 1. The first-order chi connectivity index (χ1) is 9.13. The van der Waals surface area contributed by atoms with Crippen molar-refractivity contribution in [2.45, 2.75) is 6.42 Å². The molecule has 5 nitrogen and oxygen atoms in total. The first kappa shape index (κ1) is 13.8. The maximum Gasteiger partial charge on any atom is 0.251 e. The summed E-state index contributed by atoms with van der Waals surface area (Å²) < 4.78 is 6.70. The van der Waals surface area contributed by atoms with E-state index in [1.165, 1.54) is 0 Å². The lowest BCUT2D eigenvalue weighted by Crippen LogP contribution is -2.25. The number of methoxy groups -OCH3 is 1. The van der Waals surface area contributed by atoms with E-state index in [9.17, 15) is 4.79 Å². The standard InChI is InChI=1S/C13H16ClN3O2/c1-17-11-5-4-9(8-10(11)16-13(17)14)12(18)15-6-3-7-19-2/h4-5,8H,3,6-7H2,1-2H3,(H,15,18). The van der Waals surface area contributed by atoms with E-state index < -0.39 is 0 Å². The van der Waals surface area contributed by atoms with Crippen LogP contribution >= 0.6 is 11.6 Å². The molecule has 0 unspecified atom stereocenters. The van der Waals surface area contributed by atoms with Crippen molar-refractivity contribution in [2.75, 3.05) is 20.3 Å². The topological polar surface area (TPSA) is 56.1 Å². The number of rotatable bonds is 5. The van der Waals surface area contributed by atoms with Gasteiger partial charge in [-0.3, -0.25) is 4.79 Å². The van der Waals surface area contributed by atoms with Crippen molar-refractivity contribution in [1.82, 2.24) is 14.9 Å². The van der Waals surface area contributed by atoms with Crippen molar-refractivity contribution in [1.29, 1.82) is 0 Å². The number of aryl methyl sites for hydroxylation is 1. The molecule has 1 N–H and O–H groups in total. The number of ether oxygens (including phenoxy) is 1. The molecule has 0 aliphatic carbocycles. The van der Waals surface area contributed by atoms with Crippen LogP contribution in [0.15, 0.2) is 18.2 Å². The van der Waals surface area contributed by atoms with Gasteiger partial charge in [0.25, 0.3) is 5.91 Å². The van der Waals surface area contributed by atoms with Gasteiger partial charge in [-0.2, -0.15) is 0 Å². The quantitative estimate of drug-likeness (QED) is 0.853. The molecule has 1 aromatic heterocycles. The average Bonchev–Trinajstić information content (AvgIpc) is 2.69. The van der Waals surface area contributed by atoms with Crippen molar-refractivity contribution in [3.8, 4) is 0 Å². The van der Waals surface area contributed by atoms with E-state index in [0.717, 1.165) is 17.5 Å². The summed E-state index contributed by atoms with van der Waals surface area (Å²) in [7, 11) is 3.47. The van der Waals surface area contributed by atoms with E-state index in [1.807, 2.05) is 13.1 Å². The Bertz CT molecular complexity index is 595. The molecule has 1 aromatic carbocycles. The number of fused-ring (bicyclic) bond motifs is 1. The molecule has 0 bridgehead atoms. The Morgan fingerprint density at radius 1 is 1.53 bits per heavy atom. The van der Waals surface area contributed by atoms with Gasteiger partial charge in [0.2, 0.25) is 5.28 Å². The number of carbonyl (C=O) groups excluding carboxylic acids is 1. The van der Waals surface area contributed by atoms with E-state index in [4.69, 9.17) is 16.3 Å². The zero-order chi connectivity index (χ0) is 13.8. The average molecular weight is 282 g/mol. The molecule has 19 heavy (non-hydrogen) atoms. The lowest BCUT2D eigenvalue weighted by molar-refractivity contribution is 0.0948. The predicted octanol–water partition coefficient (Wildman–Crippen LogP) is 1.99. The highest BCUT2D eigenvalue weighted by atomic mass is 35.5. The highest BCUT2D eigenvalue weighted by Gasteiger charge is 2.10. The summed E-state index contributed by atoms with van der Waals surface area (Å²) >= 11 is 5.94. The molecule has 0 spiro atoms.